The maximum atomic E-state index is 12.9. The van der Waals surface area contributed by atoms with E-state index in [-0.39, 0.29) is 22.6 Å². The molecule has 0 bridgehead atoms. The van der Waals surface area contributed by atoms with E-state index < -0.39 is 21.8 Å². The maximum absolute atomic E-state index is 12.9. The van der Waals surface area contributed by atoms with Gasteiger partial charge in [-0.05, 0) is 24.6 Å². The van der Waals surface area contributed by atoms with Crippen LogP contribution in [0.3, 0.4) is 0 Å². The summed E-state index contributed by atoms with van der Waals surface area (Å²) in [4.78, 5) is 35.6. The lowest BCUT2D eigenvalue weighted by molar-refractivity contribution is -0.385. The number of anilines is 1. The molecular weight excluding hydrogens is 380 g/mol. The molecule has 29 heavy (non-hydrogen) atoms. The minimum atomic E-state index is -0.560. The Hall–Kier alpha value is -3.53. The van der Waals surface area contributed by atoms with Crippen molar-refractivity contribution in [2.75, 3.05) is 32.6 Å². The molecule has 0 aliphatic rings. The lowest BCUT2D eigenvalue weighted by Crippen LogP contribution is -2.29. The van der Waals surface area contributed by atoms with Crippen molar-refractivity contribution in [3.8, 4) is 0 Å². The summed E-state index contributed by atoms with van der Waals surface area (Å²) in [7, 11) is 3.07. The second-order valence-electron chi connectivity index (χ2n) is 6.35. The summed E-state index contributed by atoms with van der Waals surface area (Å²) >= 11 is 0. The van der Waals surface area contributed by atoms with Crippen molar-refractivity contribution in [3.05, 3.63) is 73.8 Å². The van der Waals surface area contributed by atoms with Gasteiger partial charge < -0.3 is 15.0 Å². The lowest BCUT2D eigenvalue weighted by atomic mass is 10.0. The summed E-state index contributed by atoms with van der Waals surface area (Å²) in [6, 6.07) is 9.74. The van der Waals surface area contributed by atoms with E-state index >= 15 is 0 Å². The Morgan fingerprint density at radius 3 is 2.52 bits per heavy atom. The summed E-state index contributed by atoms with van der Waals surface area (Å²) < 4.78 is 4.91. The monoisotopic (exact) mass is 402 g/mol. The molecule has 2 aromatic rings. The quantitative estimate of drug-likeness (QED) is 0.387. The number of nitrogens with one attached hydrogen (secondary N) is 1. The van der Waals surface area contributed by atoms with Crippen LogP contribution in [-0.2, 0) is 4.74 Å². The first-order valence-electron chi connectivity index (χ1n) is 8.79. The molecule has 0 spiro atoms. The van der Waals surface area contributed by atoms with Crippen molar-refractivity contribution in [1.29, 1.82) is 0 Å². The lowest BCUT2D eigenvalue weighted by Gasteiger charge is -2.25. The van der Waals surface area contributed by atoms with Crippen molar-refractivity contribution in [1.82, 2.24) is 4.90 Å². The normalized spacial score (nSPS) is 11.6. The molecule has 0 aromatic heterocycles. The minimum absolute atomic E-state index is 0.0719. The number of methoxy groups -OCH3 is 1. The number of nitro benzene ring substituents is 2. The molecule has 10 nitrogen and oxygen atoms in total. The molecule has 0 aliphatic carbocycles. The first-order valence-corrected chi connectivity index (χ1v) is 8.79. The van der Waals surface area contributed by atoms with Crippen LogP contribution in [-0.4, -0.2) is 48.0 Å². The van der Waals surface area contributed by atoms with Gasteiger partial charge in [0.25, 0.3) is 17.3 Å². The van der Waals surface area contributed by atoms with Gasteiger partial charge in [-0.3, -0.25) is 25.0 Å². The molecule has 2 aromatic carbocycles. The van der Waals surface area contributed by atoms with Crippen LogP contribution in [0.5, 0.6) is 0 Å². The van der Waals surface area contributed by atoms with Crippen molar-refractivity contribution in [2.24, 2.45) is 0 Å². The number of carbonyl (C=O) groups excluding carboxylic acids is 1. The van der Waals surface area contributed by atoms with E-state index in [9.17, 15) is 25.0 Å². The predicted octanol–water partition coefficient (Wildman–Crippen LogP) is 3.39. The number of hydrogen-bond donors (Lipinski definition) is 1. The van der Waals surface area contributed by atoms with Crippen LogP contribution in [0.15, 0.2) is 42.5 Å². The van der Waals surface area contributed by atoms with E-state index in [4.69, 9.17) is 4.74 Å². The molecule has 0 aliphatic heterocycles. The van der Waals surface area contributed by atoms with Gasteiger partial charge >= 0.3 is 0 Å². The Kier molecular flexibility index (Phi) is 7.21. The molecule has 154 valence electrons. The second kappa shape index (κ2) is 9.60. The molecule has 0 heterocycles. The third kappa shape index (κ3) is 5.26. The third-order valence-electron chi connectivity index (χ3n) is 4.53. The molecule has 0 saturated carbocycles. The smallest absolute Gasteiger partial charge is 0.293 e. The number of nitrogens with zero attached hydrogens (tertiary/aromatic N) is 3. The molecule has 10 heteroatoms. The van der Waals surface area contributed by atoms with Crippen molar-refractivity contribution in [2.45, 2.75) is 13.0 Å². The van der Waals surface area contributed by atoms with E-state index in [1.807, 2.05) is 0 Å². The molecule has 1 N–H and O–H groups in total. The number of amides is 1. The average molecular weight is 402 g/mol. The predicted molar refractivity (Wildman–Crippen MR) is 107 cm³/mol. The van der Waals surface area contributed by atoms with Crippen LogP contribution in [0.25, 0.3) is 0 Å². The van der Waals surface area contributed by atoms with Crippen LogP contribution < -0.4 is 5.32 Å². The van der Waals surface area contributed by atoms with Crippen LogP contribution >= 0.6 is 0 Å². The molecule has 2 rings (SSSR count). The molecule has 0 saturated heterocycles. The maximum Gasteiger partial charge on any atom is 0.293 e. The highest BCUT2D eigenvalue weighted by Crippen LogP contribution is 2.28. The molecular formula is C19H22N4O6. The molecule has 1 amide bonds. The summed E-state index contributed by atoms with van der Waals surface area (Å²) in [5.74, 6) is -0.435. The first kappa shape index (κ1) is 21.8. The van der Waals surface area contributed by atoms with Gasteiger partial charge in [-0.1, -0.05) is 12.1 Å². The highest BCUT2D eigenvalue weighted by atomic mass is 16.6. The average Bonchev–Trinajstić information content (AvgIpc) is 2.72. The van der Waals surface area contributed by atoms with Gasteiger partial charge in [-0.15, -0.1) is 0 Å². The summed E-state index contributed by atoms with van der Waals surface area (Å²) in [5.41, 5.74) is 0.731. The Bertz CT molecular complexity index is 917. The molecule has 1 unspecified atom stereocenters. The first-order chi connectivity index (χ1) is 13.8. The zero-order chi connectivity index (χ0) is 21.6. The summed E-state index contributed by atoms with van der Waals surface area (Å²) in [6.07, 6.45) is 0. The standard InChI is InChI=1S/C19H22N4O6/c1-13(14-5-4-6-16(11-14)22(25)26)21(2)19(24)15-7-8-17(20-9-10-29-3)18(12-15)23(27)28/h4-8,11-13,20H,9-10H2,1-3H3. The Balaban J connectivity index is 2.26. The minimum Gasteiger partial charge on any atom is -0.383 e. The summed E-state index contributed by atoms with van der Waals surface area (Å²) in [6.45, 7) is 2.49. The highest BCUT2D eigenvalue weighted by molar-refractivity contribution is 5.95. The Morgan fingerprint density at radius 1 is 1.17 bits per heavy atom. The van der Waals surface area contributed by atoms with Crippen molar-refractivity contribution < 1.29 is 19.4 Å². The second-order valence-corrected chi connectivity index (χ2v) is 6.35. The topological polar surface area (TPSA) is 128 Å². The van der Waals surface area contributed by atoms with Crippen LogP contribution in [0.4, 0.5) is 17.1 Å². The van der Waals surface area contributed by atoms with E-state index in [0.29, 0.717) is 18.7 Å². The van der Waals surface area contributed by atoms with Gasteiger partial charge in [0.15, 0.2) is 0 Å². The summed E-state index contributed by atoms with van der Waals surface area (Å²) in [5, 5.41) is 25.3. The SMILES string of the molecule is COCCNc1ccc(C(=O)N(C)C(C)c2cccc([N+](=O)[O-])c2)cc1[N+](=O)[O-]. The third-order valence-corrected chi connectivity index (χ3v) is 4.53. The fourth-order valence-electron chi connectivity index (χ4n) is 2.75. The number of ether oxygens (including phenoxy) is 1. The van der Waals surface area contributed by atoms with E-state index in [1.54, 1.807) is 26.1 Å². The van der Waals surface area contributed by atoms with Gasteiger partial charge in [-0.2, -0.15) is 0 Å². The van der Waals surface area contributed by atoms with Gasteiger partial charge in [0, 0.05) is 44.5 Å². The number of benzene rings is 2. The van der Waals surface area contributed by atoms with Crippen LogP contribution in [0.1, 0.15) is 28.9 Å². The number of nitro groups is 2. The van der Waals surface area contributed by atoms with E-state index in [0.717, 1.165) is 0 Å². The van der Waals surface area contributed by atoms with Crippen molar-refractivity contribution >= 4 is 23.0 Å². The Labute approximate surface area is 167 Å². The molecule has 0 radical (unpaired) electrons. The zero-order valence-electron chi connectivity index (χ0n) is 16.3. The molecule has 1 atom stereocenters. The number of non-ortho nitro benzene ring substituents is 1. The van der Waals surface area contributed by atoms with Gasteiger partial charge in [-0.25, -0.2) is 0 Å². The highest BCUT2D eigenvalue weighted by Gasteiger charge is 2.23. The fourth-order valence-corrected chi connectivity index (χ4v) is 2.75. The number of rotatable bonds is 9. The van der Waals surface area contributed by atoms with Gasteiger partial charge in [0.1, 0.15) is 5.69 Å². The number of hydrogen-bond acceptors (Lipinski definition) is 7. The van der Waals surface area contributed by atoms with E-state index in [2.05, 4.69) is 5.32 Å². The zero-order valence-corrected chi connectivity index (χ0v) is 16.3. The van der Waals surface area contributed by atoms with Crippen molar-refractivity contribution in [3.63, 3.8) is 0 Å². The van der Waals surface area contributed by atoms with Gasteiger partial charge in [0.2, 0.25) is 0 Å². The number of carbonyl (C=O) groups is 1. The van der Waals surface area contributed by atoms with Crippen LogP contribution in [0, 0.1) is 20.2 Å². The largest absolute Gasteiger partial charge is 0.383 e. The fraction of sp³-hybridized carbons (Fsp3) is 0.316. The van der Waals surface area contributed by atoms with Gasteiger partial charge in [0.05, 0.1) is 22.5 Å². The Morgan fingerprint density at radius 2 is 1.90 bits per heavy atom. The van der Waals surface area contributed by atoms with E-state index in [1.165, 1.54) is 42.3 Å². The van der Waals surface area contributed by atoms with Crippen LogP contribution in [0.2, 0.25) is 0 Å². The molecule has 0 fully saturated rings.